The Hall–Kier alpha value is -1.82. The topological polar surface area (TPSA) is 72.9 Å². The number of carbonyl (C=O) groups excluding carboxylic acids is 1. The van der Waals surface area contributed by atoms with Gasteiger partial charge in [-0.15, -0.1) is 0 Å². The van der Waals surface area contributed by atoms with Crippen LogP contribution >= 0.6 is 0 Å². The average molecular weight is 317 g/mol. The Bertz CT molecular complexity index is 604. The summed E-state index contributed by atoms with van der Waals surface area (Å²) < 4.78 is 0. The number of carboxylic acids is 1. The SMILES string of the molecule is O=C(O)C1=C(C=C2CCN(C3CCNC3)C2=O)CCC2CCN12. The Balaban J connectivity index is 1.59. The van der Waals surface area contributed by atoms with Crippen LogP contribution < -0.4 is 5.32 Å². The van der Waals surface area contributed by atoms with Crippen LogP contribution in [0.2, 0.25) is 0 Å². The van der Waals surface area contributed by atoms with Crippen molar-refractivity contribution in [2.45, 2.75) is 44.2 Å². The van der Waals surface area contributed by atoms with Crippen molar-refractivity contribution in [1.29, 1.82) is 0 Å². The zero-order valence-corrected chi connectivity index (χ0v) is 13.3. The number of amides is 1. The van der Waals surface area contributed by atoms with Crippen molar-refractivity contribution >= 4 is 11.9 Å². The van der Waals surface area contributed by atoms with Crippen LogP contribution in [-0.2, 0) is 9.59 Å². The number of rotatable bonds is 3. The molecule has 3 fully saturated rings. The number of allylic oxidation sites excluding steroid dienone is 2. The fourth-order valence-electron chi connectivity index (χ4n) is 4.29. The van der Waals surface area contributed by atoms with E-state index in [1.54, 1.807) is 0 Å². The van der Waals surface area contributed by atoms with Crippen LogP contribution in [0.5, 0.6) is 0 Å². The third-order valence-corrected chi connectivity index (χ3v) is 5.67. The first kappa shape index (κ1) is 14.8. The van der Waals surface area contributed by atoms with Crippen LogP contribution in [0, 0.1) is 0 Å². The summed E-state index contributed by atoms with van der Waals surface area (Å²) in [6.07, 6.45) is 6.47. The summed E-state index contributed by atoms with van der Waals surface area (Å²) in [5.41, 5.74) is 2.04. The van der Waals surface area contributed by atoms with E-state index >= 15 is 0 Å². The number of carboxylic acid groups (broad SMARTS) is 1. The number of carbonyl (C=O) groups is 2. The van der Waals surface area contributed by atoms with Gasteiger partial charge in [0, 0.05) is 37.3 Å². The van der Waals surface area contributed by atoms with E-state index in [1.807, 2.05) is 15.9 Å². The smallest absolute Gasteiger partial charge is 0.352 e. The summed E-state index contributed by atoms with van der Waals surface area (Å²) in [4.78, 5) is 28.3. The minimum Gasteiger partial charge on any atom is -0.477 e. The molecule has 124 valence electrons. The minimum atomic E-state index is -0.858. The molecule has 6 heteroatoms. The van der Waals surface area contributed by atoms with Crippen molar-refractivity contribution in [2.24, 2.45) is 0 Å². The van der Waals surface area contributed by atoms with Gasteiger partial charge in [-0.25, -0.2) is 4.79 Å². The van der Waals surface area contributed by atoms with Crippen LogP contribution in [-0.4, -0.2) is 65.0 Å². The number of hydrogen-bond acceptors (Lipinski definition) is 4. The summed E-state index contributed by atoms with van der Waals surface area (Å²) >= 11 is 0. The lowest BCUT2D eigenvalue weighted by Gasteiger charge is -2.46. The molecule has 0 aromatic heterocycles. The van der Waals surface area contributed by atoms with Crippen LogP contribution in [0.3, 0.4) is 0 Å². The van der Waals surface area contributed by atoms with Gasteiger partial charge in [0.15, 0.2) is 0 Å². The van der Waals surface area contributed by atoms with Gasteiger partial charge in [-0.3, -0.25) is 4.79 Å². The number of hydrogen-bond donors (Lipinski definition) is 2. The van der Waals surface area contributed by atoms with Gasteiger partial charge in [-0.2, -0.15) is 0 Å². The van der Waals surface area contributed by atoms with Crippen molar-refractivity contribution in [3.8, 4) is 0 Å². The van der Waals surface area contributed by atoms with Gasteiger partial charge in [0.1, 0.15) is 5.70 Å². The predicted octanol–water partition coefficient (Wildman–Crippen LogP) is 0.714. The van der Waals surface area contributed by atoms with E-state index in [2.05, 4.69) is 5.32 Å². The van der Waals surface area contributed by atoms with Crippen LogP contribution in [0.15, 0.2) is 22.9 Å². The summed E-state index contributed by atoms with van der Waals surface area (Å²) in [6.45, 7) is 3.43. The maximum absolute atomic E-state index is 12.6. The summed E-state index contributed by atoms with van der Waals surface area (Å²) in [7, 11) is 0. The molecule has 0 spiro atoms. The number of likely N-dealkylation sites (tertiary alicyclic amines) is 1. The Morgan fingerprint density at radius 3 is 2.65 bits per heavy atom. The first-order valence-electron chi connectivity index (χ1n) is 8.60. The van der Waals surface area contributed by atoms with Gasteiger partial charge in [-0.05, 0) is 50.3 Å². The molecule has 4 aliphatic rings. The van der Waals surface area contributed by atoms with Crippen molar-refractivity contribution in [2.75, 3.05) is 26.2 Å². The molecule has 0 bridgehead atoms. The quantitative estimate of drug-likeness (QED) is 0.750. The van der Waals surface area contributed by atoms with E-state index < -0.39 is 5.97 Å². The fraction of sp³-hybridized carbons (Fsp3) is 0.647. The number of nitrogens with one attached hydrogen (secondary N) is 1. The van der Waals surface area contributed by atoms with E-state index in [9.17, 15) is 14.7 Å². The molecule has 2 atom stereocenters. The first-order chi connectivity index (χ1) is 11.1. The highest BCUT2D eigenvalue weighted by Gasteiger charge is 2.38. The summed E-state index contributed by atoms with van der Waals surface area (Å²) in [5, 5.41) is 12.9. The average Bonchev–Trinajstić information content (AvgIpc) is 3.12. The first-order valence-corrected chi connectivity index (χ1v) is 8.60. The molecule has 0 aromatic rings. The van der Waals surface area contributed by atoms with E-state index in [0.717, 1.165) is 69.4 Å². The summed E-state index contributed by atoms with van der Waals surface area (Å²) in [5.74, 6) is -0.759. The zero-order chi connectivity index (χ0) is 16.0. The molecule has 0 radical (unpaired) electrons. The molecule has 0 saturated carbocycles. The Morgan fingerprint density at radius 2 is 2.00 bits per heavy atom. The normalized spacial score (nSPS) is 32.5. The van der Waals surface area contributed by atoms with Gasteiger partial charge in [0.25, 0.3) is 0 Å². The number of aliphatic carboxylic acids is 1. The maximum Gasteiger partial charge on any atom is 0.352 e. The molecular formula is C17H23N3O3. The van der Waals surface area contributed by atoms with Gasteiger partial charge < -0.3 is 20.2 Å². The Kier molecular flexibility index (Phi) is 3.64. The van der Waals surface area contributed by atoms with Gasteiger partial charge in [0.2, 0.25) is 5.91 Å². The molecule has 4 heterocycles. The lowest BCUT2D eigenvalue weighted by Crippen LogP contribution is -2.50. The highest BCUT2D eigenvalue weighted by atomic mass is 16.4. The van der Waals surface area contributed by atoms with Crippen molar-refractivity contribution < 1.29 is 14.7 Å². The predicted molar refractivity (Wildman–Crippen MR) is 84.7 cm³/mol. The highest BCUT2D eigenvalue weighted by Crippen LogP contribution is 2.37. The van der Waals surface area contributed by atoms with E-state index in [1.165, 1.54) is 0 Å². The summed E-state index contributed by atoms with van der Waals surface area (Å²) in [6, 6.07) is 0.691. The van der Waals surface area contributed by atoms with Crippen molar-refractivity contribution in [3.05, 3.63) is 22.9 Å². The van der Waals surface area contributed by atoms with Crippen LogP contribution in [0.4, 0.5) is 0 Å². The van der Waals surface area contributed by atoms with Crippen molar-refractivity contribution in [3.63, 3.8) is 0 Å². The molecule has 6 nitrogen and oxygen atoms in total. The van der Waals surface area contributed by atoms with Gasteiger partial charge in [0.05, 0.1) is 0 Å². The molecule has 3 saturated heterocycles. The lowest BCUT2D eigenvalue weighted by atomic mass is 9.87. The van der Waals surface area contributed by atoms with Crippen molar-refractivity contribution in [1.82, 2.24) is 15.1 Å². The third-order valence-electron chi connectivity index (χ3n) is 5.67. The van der Waals surface area contributed by atoms with Gasteiger partial charge in [-0.1, -0.05) is 0 Å². The van der Waals surface area contributed by atoms with E-state index in [4.69, 9.17) is 0 Å². The molecule has 2 unspecified atom stereocenters. The standard InChI is InChI=1S/C17H23N3O3/c21-16-12(4-7-20(16)14-3-6-18-10-14)9-11-1-2-13-5-8-19(13)15(11)17(22)23/h9,13-14,18H,1-8,10H2,(H,22,23). The van der Waals surface area contributed by atoms with Gasteiger partial charge >= 0.3 is 5.97 Å². The fourth-order valence-corrected chi connectivity index (χ4v) is 4.29. The Labute approximate surface area is 135 Å². The molecule has 0 aromatic carbocycles. The van der Waals surface area contributed by atoms with E-state index in [0.29, 0.717) is 17.8 Å². The molecule has 23 heavy (non-hydrogen) atoms. The second kappa shape index (κ2) is 5.67. The molecule has 4 aliphatic heterocycles. The molecule has 0 aliphatic carbocycles. The lowest BCUT2D eigenvalue weighted by molar-refractivity contribution is -0.136. The Morgan fingerprint density at radius 1 is 1.13 bits per heavy atom. The monoisotopic (exact) mass is 317 g/mol. The zero-order valence-electron chi connectivity index (χ0n) is 13.3. The minimum absolute atomic E-state index is 0.0988. The van der Waals surface area contributed by atoms with E-state index in [-0.39, 0.29) is 5.91 Å². The number of fused-ring (bicyclic) bond motifs is 1. The van der Waals surface area contributed by atoms with Crippen LogP contribution in [0.25, 0.3) is 0 Å². The largest absolute Gasteiger partial charge is 0.477 e. The molecule has 2 N–H and O–H groups in total. The highest BCUT2D eigenvalue weighted by molar-refractivity contribution is 5.97. The molecular weight excluding hydrogens is 294 g/mol. The third kappa shape index (κ3) is 2.45. The van der Waals surface area contributed by atoms with Crippen LogP contribution in [0.1, 0.15) is 32.1 Å². The maximum atomic E-state index is 12.6. The second-order valence-corrected chi connectivity index (χ2v) is 6.92. The number of nitrogens with zero attached hydrogens (tertiary/aromatic N) is 2. The second-order valence-electron chi connectivity index (χ2n) is 6.92. The molecule has 4 rings (SSSR count). The molecule has 1 amide bonds.